The number of halogens is 1. The van der Waals surface area contributed by atoms with Gasteiger partial charge in [-0.15, -0.1) is 11.8 Å². The van der Waals surface area contributed by atoms with Gasteiger partial charge in [-0.1, -0.05) is 17.7 Å². The minimum Gasteiger partial charge on any atom is -0.323 e. The zero-order chi connectivity index (χ0) is 17.0. The molecule has 0 radical (unpaired) electrons. The summed E-state index contributed by atoms with van der Waals surface area (Å²) in [6, 6.07) is 11.0. The number of thioether (sulfide) groups is 1. The van der Waals surface area contributed by atoms with Gasteiger partial charge in [0.1, 0.15) is 5.82 Å². The quantitative estimate of drug-likeness (QED) is 0.662. The van der Waals surface area contributed by atoms with E-state index < -0.39 is 21.6 Å². The molecule has 4 nitrogen and oxygen atoms in total. The summed E-state index contributed by atoms with van der Waals surface area (Å²) in [5.41, 5.74) is 0.987. The molecule has 0 heterocycles. The highest BCUT2D eigenvalue weighted by Crippen LogP contribution is 2.21. The van der Waals surface area contributed by atoms with Gasteiger partial charge in [0.15, 0.2) is 9.84 Å². The Labute approximate surface area is 139 Å². The highest BCUT2D eigenvalue weighted by atomic mass is 32.2. The van der Waals surface area contributed by atoms with E-state index in [2.05, 4.69) is 5.32 Å². The smallest absolute Gasteiger partial charge is 0.234 e. The SMILES string of the molecule is Cc1ccc(SCC(=O)Nc2cc(S(C)(=O)=O)ccc2F)cc1. The van der Waals surface area contributed by atoms with Crippen LogP contribution in [0.4, 0.5) is 10.1 Å². The molecular formula is C16H16FNO3S2. The highest BCUT2D eigenvalue weighted by Gasteiger charge is 2.13. The molecule has 0 aromatic heterocycles. The van der Waals surface area contributed by atoms with Crippen molar-refractivity contribution in [2.75, 3.05) is 17.3 Å². The Morgan fingerprint density at radius 3 is 2.43 bits per heavy atom. The van der Waals surface area contributed by atoms with Crippen molar-refractivity contribution >= 4 is 33.2 Å². The molecule has 0 unspecified atom stereocenters. The number of anilines is 1. The molecule has 0 atom stereocenters. The number of sulfone groups is 1. The van der Waals surface area contributed by atoms with Gasteiger partial charge in [0.2, 0.25) is 5.91 Å². The van der Waals surface area contributed by atoms with E-state index in [1.807, 2.05) is 31.2 Å². The lowest BCUT2D eigenvalue weighted by Gasteiger charge is -2.08. The van der Waals surface area contributed by atoms with Crippen LogP contribution in [0.3, 0.4) is 0 Å². The van der Waals surface area contributed by atoms with Crippen LogP contribution in [0.25, 0.3) is 0 Å². The van der Waals surface area contributed by atoms with Gasteiger partial charge in [0, 0.05) is 11.2 Å². The summed E-state index contributed by atoms with van der Waals surface area (Å²) < 4.78 is 36.7. The molecule has 0 bridgehead atoms. The Bertz CT molecular complexity index is 818. The van der Waals surface area contributed by atoms with Crippen LogP contribution in [0.2, 0.25) is 0 Å². The van der Waals surface area contributed by atoms with E-state index in [-0.39, 0.29) is 16.3 Å². The molecule has 7 heteroatoms. The molecule has 0 fully saturated rings. The summed E-state index contributed by atoms with van der Waals surface area (Å²) in [6.07, 6.45) is 1.03. The van der Waals surface area contributed by atoms with E-state index in [0.29, 0.717) is 0 Å². The molecule has 0 spiro atoms. The van der Waals surface area contributed by atoms with Crippen molar-refractivity contribution in [3.63, 3.8) is 0 Å². The van der Waals surface area contributed by atoms with E-state index >= 15 is 0 Å². The van der Waals surface area contributed by atoms with Crippen molar-refractivity contribution in [1.29, 1.82) is 0 Å². The number of hydrogen-bond donors (Lipinski definition) is 1. The van der Waals surface area contributed by atoms with E-state index in [9.17, 15) is 17.6 Å². The molecule has 0 aliphatic carbocycles. The van der Waals surface area contributed by atoms with Crippen LogP contribution in [-0.4, -0.2) is 26.3 Å². The summed E-state index contributed by atoms with van der Waals surface area (Å²) in [5, 5.41) is 2.41. The largest absolute Gasteiger partial charge is 0.323 e. The van der Waals surface area contributed by atoms with Crippen molar-refractivity contribution in [1.82, 2.24) is 0 Å². The average Bonchev–Trinajstić information content (AvgIpc) is 2.48. The van der Waals surface area contributed by atoms with Gasteiger partial charge in [-0.05, 0) is 37.3 Å². The fourth-order valence-corrected chi connectivity index (χ4v) is 3.15. The highest BCUT2D eigenvalue weighted by molar-refractivity contribution is 8.00. The maximum atomic E-state index is 13.7. The Kier molecular flexibility index (Phi) is 5.43. The first kappa shape index (κ1) is 17.5. The normalized spacial score (nSPS) is 11.3. The minimum absolute atomic E-state index is 0.0413. The Morgan fingerprint density at radius 1 is 1.17 bits per heavy atom. The topological polar surface area (TPSA) is 63.2 Å². The molecule has 23 heavy (non-hydrogen) atoms. The van der Waals surface area contributed by atoms with E-state index in [0.717, 1.165) is 28.8 Å². The third-order valence-corrected chi connectivity index (χ3v) is 5.15. The van der Waals surface area contributed by atoms with Crippen LogP contribution in [0, 0.1) is 12.7 Å². The second-order valence-electron chi connectivity index (χ2n) is 5.06. The van der Waals surface area contributed by atoms with Crippen molar-refractivity contribution in [3.05, 3.63) is 53.8 Å². The number of benzene rings is 2. The van der Waals surface area contributed by atoms with Gasteiger partial charge in [0.05, 0.1) is 16.3 Å². The zero-order valence-electron chi connectivity index (χ0n) is 12.7. The van der Waals surface area contributed by atoms with Gasteiger partial charge >= 0.3 is 0 Å². The lowest BCUT2D eigenvalue weighted by Crippen LogP contribution is -2.15. The van der Waals surface area contributed by atoms with Crippen LogP contribution in [-0.2, 0) is 14.6 Å². The fourth-order valence-electron chi connectivity index (χ4n) is 1.80. The molecule has 0 aliphatic heterocycles. The van der Waals surface area contributed by atoms with Crippen LogP contribution in [0.5, 0.6) is 0 Å². The number of aryl methyl sites for hydroxylation is 1. The molecule has 0 saturated heterocycles. The number of amides is 1. The monoisotopic (exact) mass is 353 g/mol. The Hall–Kier alpha value is -1.86. The van der Waals surface area contributed by atoms with E-state index in [1.165, 1.54) is 17.8 Å². The fraction of sp³-hybridized carbons (Fsp3) is 0.188. The van der Waals surface area contributed by atoms with Crippen LogP contribution < -0.4 is 5.32 Å². The first-order chi connectivity index (χ1) is 10.8. The third-order valence-electron chi connectivity index (χ3n) is 3.03. The van der Waals surface area contributed by atoms with E-state index in [4.69, 9.17) is 0 Å². The first-order valence-electron chi connectivity index (χ1n) is 6.74. The summed E-state index contributed by atoms with van der Waals surface area (Å²) in [4.78, 5) is 12.8. The minimum atomic E-state index is -3.46. The number of carbonyl (C=O) groups excluding carboxylic acids is 1. The van der Waals surface area contributed by atoms with Crippen molar-refractivity contribution < 1.29 is 17.6 Å². The predicted octanol–water partition coefficient (Wildman–Crippen LogP) is 3.27. The van der Waals surface area contributed by atoms with Gasteiger partial charge in [-0.25, -0.2) is 12.8 Å². The summed E-state index contributed by atoms with van der Waals surface area (Å²) in [5.74, 6) is -0.975. The molecule has 122 valence electrons. The first-order valence-corrected chi connectivity index (χ1v) is 9.62. The summed E-state index contributed by atoms with van der Waals surface area (Å²) in [6.45, 7) is 1.97. The number of hydrogen-bond acceptors (Lipinski definition) is 4. The van der Waals surface area contributed by atoms with Gasteiger partial charge < -0.3 is 5.32 Å². The maximum Gasteiger partial charge on any atom is 0.234 e. The molecular weight excluding hydrogens is 337 g/mol. The Morgan fingerprint density at radius 2 is 1.83 bits per heavy atom. The summed E-state index contributed by atoms with van der Waals surface area (Å²) >= 11 is 1.32. The summed E-state index contributed by atoms with van der Waals surface area (Å²) in [7, 11) is -3.46. The maximum absolute atomic E-state index is 13.7. The second-order valence-corrected chi connectivity index (χ2v) is 8.13. The van der Waals surface area contributed by atoms with Crippen molar-refractivity contribution in [2.24, 2.45) is 0 Å². The van der Waals surface area contributed by atoms with Crippen LogP contribution in [0.15, 0.2) is 52.3 Å². The number of carbonyl (C=O) groups is 1. The molecule has 1 amide bonds. The second kappa shape index (κ2) is 7.14. The molecule has 2 rings (SSSR count). The predicted molar refractivity (Wildman–Crippen MR) is 90.0 cm³/mol. The molecule has 2 aromatic rings. The van der Waals surface area contributed by atoms with E-state index in [1.54, 1.807) is 0 Å². The van der Waals surface area contributed by atoms with Crippen molar-refractivity contribution in [2.45, 2.75) is 16.7 Å². The zero-order valence-corrected chi connectivity index (χ0v) is 14.3. The molecule has 1 N–H and O–H groups in total. The van der Waals surface area contributed by atoms with Crippen molar-refractivity contribution in [3.8, 4) is 0 Å². The molecule has 0 aliphatic rings. The number of nitrogens with one attached hydrogen (secondary N) is 1. The Balaban J connectivity index is 2.04. The lowest BCUT2D eigenvalue weighted by molar-refractivity contribution is -0.113. The van der Waals surface area contributed by atoms with Gasteiger partial charge in [0.25, 0.3) is 0 Å². The number of rotatable bonds is 5. The molecule has 0 saturated carbocycles. The van der Waals surface area contributed by atoms with Crippen LogP contribution in [0.1, 0.15) is 5.56 Å². The average molecular weight is 353 g/mol. The van der Waals surface area contributed by atoms with Gasteiger partial charge in [-0.2, -0.15) is 0 Å². The third kappa shape index (κ3) is 5.07. The van der Waals surface area contributed by atoms with Crippen LogP contribution >= 0.6 is 11.8 Å². The standard InChI is InChI=1S/C16H16FNO3S2/c1-11-3-5-12(6-4-11)22-10-16(19)18-15-9-13(23(2,20)21)7-8-14(15)17/h3-9H,10H2,1-2H3,(H,18,19). The van der Waals surface area contributed by atoms with Gasteiger partial charge in [-0.3, -0.25) is 4.79 Å². The molecule has 2 aromatic carbocycles. The lowest BCUT2D eigenvalue weighted by atomic mass is 10.2.